The minimum Gasteiger partial charge on any atom is -0.335 e. The Morgan fingerprint density at radius 2 is 1.73 bits per heavy atom. The molecule has 0 atom stereocenters. The average molecular weight is 374 g/mol. The second kappa shape index (κ2) is 7.57. The largest absolute Gasteiger partial charge is 0.335 e. The van der Waals surface area contributed by atoms with Gasteiger partial charge in [0.05, 0.1) is 38.1 Å². The van der Waals surface area contributed by atoms with Crippen molar-refractivity contribution in [2.45, 2.75) is 11.8 Å². The van der Waals surface area contributed by atoms with Crippen LogP contribution in [0.2, 0.25) is 0 Å². The van der Waals surface area contributed by atoms with Crippen LogP contribution in [-0.4, -0.2) is 51.9 Å². The molecule has 1 amide bonds. The number of hydrogen-bond acceptors (Lipinski definition) is 3. The van der Waals surface area contributed by atoms with Crippen molar-refractivity contribution in [3.63, 3.8) is 0 Å². The van der Waals surface area contributed by atoms with E-state index in [0.717, 1.165) is 18.7 Å². The minimum atomic E-state index is -3.48. The van der Waals surface area contributed by atoms with Crippen molar-refractivity contribution >= 4 is 21.6 Å². The Bertz CT molecular complexity index is 887. The highest BCUT2D eigenvalue weighted by Gasteiger charge is 2.29. The van der Waals surface area contributed by atoms with E-state index in [9.17, 15) is 13.2 Å². The van der Waals surface area contributed by atoms with E-state index in [4.69, 9.17) is 0 Å². The number of likely N-dealkylation sites (N-methyl/N-ethyl adjacent to an activating group) is 1. The quantitative estimate of drug-likeness (QED) is 0.830. The Morgan fingerprint density at radius 3 is 2.35 bits per heavy atom. The lowest BCUT2D eigenvalue weighted by Gasteiger charge is -2.29. The molecule has 7 heteroatoms. The molecule has 3 rings (SSSR count). The molecular formula is C19H24N3O3S+. The van der Waals surface area contributed by atoms with Crippen LogP contribution in [-0.2, 0) is 10.0 Å². The van der Waals surface area contributed by atoms with Crippen molar-refractivity contribution in [2.75, 3.05) is 38.5 Å². The average Bonchev–Trinajstić information content (AvgIpc) is 2.62. The van der Waals surface area contributed by atoms with Gasteiger partial charge in [0.1, 0.15) is 0 Å². The highest BCUT2D eigenvalue weighted by molar-refractivity contribution is 7.89. The molecule has 2 N–H and O–H groups in total. The first-order chi connectivity index (χ1) is 12.4. The van der Waals surface area contributed by atoms with E-state index >= 15 is 0 Å². The predicted octanol–water partition coefficient (Wildman–Crippen LogP) is 0.766. The zero-order valence-corrected chi connectivity index (χ0v) is 15.8. The van der Waals surface area contributed by atoms with Crippen LogP contribution in [0, 0.1) is 6.92 Å². The summed E-state index contributed by atoms with van der Waals surface area (Å²) in [6.45, 7) is 4.60. The molecule has 0 saturated carbocycles. The van der Waals surface area contributed by atoms with Gasteiger partial charge in [0, 0.05) is 11.3 Å². The third kappa shape index (κ3) is 4.12. The number of amides is 1. The van der Waals surface area contributed by atoms with E-state index in [1.54, 1.807) is 30.3 Å². The molecule has 138 valence electrons. The summed E-state index contributed by atoms with van der Waals surface area (Å²) in [5.41, 5.74) is 2.15. The molecule has 6 nitrogen and oxygen atoms in total. The summed E-state index contributed by atoms with van der Waals surface area (Å²) in [5.74, 6) is -0.216. The van der Waals surface area contributed by atoms with Crippen molar-refractivity contribution in [1.29, 1.82) is 0 Å². The van der Waals surface area contributed by atoms with E-state index < -0.39 is 10.0 Å². The number of quaternary nitrogens is 1. The molecule has 0 radical (unpaired) electrons. The van der Waals surface area contributed by atoms with E-state index in [0.29, 0.717) is 24.3 Å². The summed E-state index contributed by atoms with van der Waals surface area (Å²) < 4.78 is 27.0. The Balaban J connectivity index is 1.71. The SMILES string of the molecule is Cc1cccc(C(=O)Nc2ccc(S(=O)(=O)N3CC[NH+](C)CC3)cc2)c1. The maximum absolute atomic E-state index is 12.7. The van der Waals surface area contributed by atoms with Gasteiger partial charge in [-0.15, -0.1) is 0 Å². The van der Waals surface area contributed by atoms with Gasteiger partial charge in [0.15, 0.2) is 0 Å². The molecule has 2 aromatic rings. The topological polar surface area (TPSA) is 70.9 Å². The zero-order chi connectivity index (χ0) is 18.7. The summed E-state index contributed by atoms with van der Waals surface area (Å²) >= 11 is 0. The lowest BCUT2D eigenvalue weighted by Crippen LogP contribution is -3.12. The monoisotopic (exact) mass is 374 g/mol. The van der Waals surface area contributed by atoms with Crippen molar-refractivity contribution in [3.8, 4) is 0 Å². The summed E-state index contributed by atoms with van der Waals surface area (Å²) in [6.07, 6.45) is 0. The number of rotatable bonds is 4. The number of nitrogens with one attached hydrogen (secondary N) is 2. The molecule has 0 aliphatic carbocycles. The van der Waals surface area contributed by atoms with Crippen LogP contribution in [0.25, 0.3) is 0 Å². The van der Waals surface area contributed by atoms with Gasteiger partial charge >= 0.3 is 0 Å². The maximum Gasteiger partial charge on any atom is 0.255 e. The molecule has 1 fully saturated rings. The van der Waals surface area contributed by atoms with Crippen LogP contribution in [0.5, 0.6) is 0 Å². The minimum absolute atomic E-state index is 0.216. The second-order valence-electron chi connectivity index (χ2n) is 6.71. The first-order valence-corrected chi connectivity index (χ1v) is 10.1. The molecule has 1 aliphatic heterocycles. The smallest absolute Gasteiger partial charge is 0.255 e. The first-order valence-electron chi connectivity index (χ1n) is 8.66. The highest BCUT2D eigenvalue weighted by Crippen LogP contribution is 2.19. The number of aryl methyl sites for hydroxylation is 1. The van der Waals surface area contributed by atoms with Gasteiger partial charge in [-0.3, -0.25) is 4.79 Å². The van der Waals surface area contributed by atoms with Gasteiger partial charge in [-0.25, -0.2) is 8.42 Å². The van der Waals surface area contributed by atoms with Gasteiger partial charge < -0.3 is 10.2 Å². The number of hydrogen-bond donors (Lipinski definition) is 2. The van der Waals surface area contributed by atoms with Gasteiger partial charge in [-0.05, 0) is 43.3 Å². The molecule has 1 saturated heterocycles. The Morgan fingerprint density at radius 1 is 1.08 bits per heavy atom. The van der Waals surface area contributed by atoms with Crippen LogP contribution in [0.15, 0.2) is 53.4 Å². The molecule has 2 aromatic carbocycles. The van der Waals surface area contributed by atoms with Crippen molar-refractivity contribution in [3.05, 3.63) is 59.7 Å². The fourth-order valence-electron chi connectivity index (χ4n) is 2.96. The predicted molar refractivity (Wildman–Crippen MR) is 101 cm³/mol. The normalized spacial score (nSPS) is 16.4. The van der Waals surface area contributed by atoms with E-state index in [2.05, 4.69) is 12.4 Å². The lowest BCUT2D eigenvalue weighted by atomic mass is 10.1. The highest BCUT2D eigenvalue weighted by atomic mass is 32.2. The zero-order valence-electron chi connectivity index (χ0n) is 15.0. The van der Waals surface area contributed by atoms with Crippen molar-refractivity contribution in [1.82, 2.24) is 4.31 Å². The second-order valence-corrected chi connectivity index (χ2v) is 8.65. The molecule has 1 heterocycles. The molecule has 1 aliphatic rings. The van der Waals surface area contributed by atoms with Gasteiger partial charge in [0.2, 0.25) is 10.0 Å². The number of carbonyl (C=O) groups is 1. The fraction of sp³-hybridized carbons (Fsp3) is 0.316. The molecular weight excluding hydrogens is 350 g/mol. The Labute approximate surface area is 154 Å². The third-order valence-corrected chi connectivity index (χ3v) is 6.52. The van der Waals surface area contributed by atoms with Gasteiger partial charge in [0.25, 0.3) is 5.91 Å². The number of carbonyl (C=O) groups excluding carboxylic acids is 1. The number of sulfonamides is 1. The number of anilines is 1. The van der Waals surface area contributed by atoms with Crippen molar-refractivity contribution < 1.29 is 18.1 Å². The molecule has 0 spiro atoms. The van der Waals surface area contributed by atoms with Crippen LogP contribution in [0.4, 0.5) is 5.69 Å². The fourth-order valence-corrected chi connectivity index (χ4v) is 4.40. The standard InChI is InChI=1S/C19H23N3O3S/c1-15-4-3-5-16(14-15)19(23)20-17-6-8-18(9-7-17)26(24,25)22-12-10-21(2)11-13-22/h3-9,14H,10-13H2,1-2H3,(H,20,23)/p+1. The first kappa shape index (κ1) is 18.6. The van der Waals surface area contributed by atoms with E-state index in [1.165, 1.54) is 9.21 Å². The molecule has 0 bridgehead atoms. The van der Waals surface area contributed by atoms with Crippen LogP contribution in [0.1, 0.15) is 15.9 Å². The van der Waals surface area contributed by atoms with Gasteiger partial charge in [-0.2, -0.15) is 4.31 Å². The van der Waals surface area contributed by atoms with E-state index in [-0.39, 0.29) is 10.8 Å². The van der Waals surface area contributed by atoms with Crippen LogP contribution < -0.4 is 10.2 Å². The summed E-state index contributed by atoms with van der Waals surface area (Å²) in [4.78, 5) is 13.9. The summed E-state index contributed by atoms with van der Waals surface area (Å²) in [6, 6.07) is 13.7. The number of piperazine rings is 1. The van der Waals surface area contributed by atoms with Crippen molar-refractivity contribution in [2.24, 2.45) is 0 Å². The molecule has 26 heavy (non-hydrogen) atoms. The van der Waals surface area contributed by atoms with E-state index in [1.807, 2.05) is 25.1 Å². The lowest BCUT2D eigenvalue weighted by molar-refractivity contribution is -0.883. The van der Waals surface area contributed by atoms with Crippen LogP contribution >= 0.6 is 0 Å². The molecule has 0 aromatic heterocycles. The number of nitrogens with zero attached hydrogens (tertiary/aromatic N) is 1. The summed E-state index contributed by atoms with van der Waals surface area (Å²) in [5, 5.41) is 2.80. The third-order valence-electron chi connectivity index (χ3n) is 4.61. The Hall–Kier alpha value is -2.22. The van der Waals surface area contributed by atoms with Crippen LogP contribution in [0.3, 0.4) is 0 Å². The van der Waals surface area contributed by atoms with Gasteiger partial charge in [-0.1, -0.05) is 17.7 Å². The Kier molecular flexibility index (Phi) is 5.41. The number of benzene rings is 2. The summed E-state index contributed by atoms with van der Waals surface area (Å²) in [7, 11) is -1.42. The maximum atomic E-state index is 12.7. The molecule has 0 unspecified atom stereocenters.